The van der Waals surface area contributed by atoms with Crippen LogP contribution in [0.5, 0.6) is 0 Å². The van der Waals surface area contributed by atoms with Gasteiger partial charge in [0.15, 0.2) is 5.82 Å². The van der Waals surface area contributed by atoms with Crippen LogP contribution in [0.4, 0.5) is 5.82 Å². The predicted octanol–water partition coefficient (Wildman–Crippen LogP) is 2.34. The zero-order valence-electron chi connectivity index (χ0n) is 11.4. The Hall–Kier alpha value is -2.00. The van der Waals surface area contributed by atoms with Gasteiger partial charge in [-0.25, -0.2) is 23.4 Å². The van der Waals surface area contributed by atoms with Gasteiger partial charge in [-0.3, -0.25) is 4.72 Å². The maximum Gasteiger partial charge on any atom is 0.265 e. The van der Waals surface area contributed by atoms with Gasteiger partial charge in [0.05, 0.1) is 15.8 Å². The number of nitrogens with zero attached hydrogens (tertiary/aromatic N) is 3. The largest absolute Gasteiger partial charge is 0.345 e. The van der Waals surface area contributed by atoms with Crippen LogP contribution in [0.1, 0.15) is 24.6 Å². The molecule has 3 aromatic heterocycles. The molecule has 0 fully saturated rings. The van der Waals surface area contributed by atoms with Crippen molar-refractivity contribution in [2.75, 3.05) is 4.72 Å². The Kier molecular flexibility index (Phi) is 3.38. The summed E-state index contributed by atoms with van der Waals surface area (Å²) >= 11 is 1.43. The van der Waals surface area contributed by atoms with Crippen molar-refractivity contribution in [3.05, 3.63) is 29.1 Å². The molecule has 3 heterocycles. The number of fused-ring (bicyclic) bond motifs is 1. The Morgan fingerprint density at radius 1 is 1.33 bits per heavy atom. The molecule has 0 saturated carbocycles. The number of nitrogens with one attached hydrogen (secondary N) is 2. The third-order valence-electron chi connectivity index (χ3n) is 2.96. The highest BCUT2D eigenvalue weighted by molar-refractivity contribution is 7.93. The van der Waals surface area contributed by atoms with E-state index in [0.29, 0.717) is 16.9 Å². The Bertz CT molecular complexity index is 882. The van der Waals surface area contributed by atoms with E-state index in [1.54, 1.807) is 5.51 Å². The number of hydrogen-bond acceptors (Lipinski definition) is 6. The molecule has 0 saturated heterocycles. The van der Waals surface area contributed by atoms with E-state index < -0.39 is 10.0 Å². The van der Waals surface area contributed by atoms with Gasteiger partial charge in [-0.1, -0.05) is 13.8 Å². The van der Waals surface area contributed by atoms with Crippen LogP contribution >= 0.6 is 11.3 Å². The molecular weight excluding hydrogens is 310 g/mol. The number of aromatic amines is 1. The van der Waals surface area contributed by atoms with Crippen molar-refractivity contribution in [2.45, 2.75) is 24.7 Å². The van der Waals surface area contributed by atoms with Crippen molar-refractivity contribution < 1.29 is 8.42 Å². The molecule has 0 aliphatic heterocycles. The second-order valence-electron chi connectivity index (χ2n) is 4.76. The van der Waals surface area contributed by atoms with Gasteiger partial charge in [0, 0.05) is 12.4 Å². The van der Waals surface area contributed by atoms with Crippen LogP contribution in [0.25, 0.3) is 11.0 Å². The molecule has 0 spiro atoms. The van der Waals surface area contributed by atoms with Gasteiger partial charge < -0.3 is 4.98 Å². The normalized spacial score (nSPS) is 12.1. The lowest BCUT2D eigenvalue weighted by Gasteiger charge is -2.08. The SMILES string of the molecule is CC(C)c1scnc1NS(=O)(=O)c1c[nH]c2ncncc12. The number of anilines is 1. The molecule has 21 heavy (non-hydrogen) atoms. The lowest BCUT2D eigenvalue weighted by Crippen LogP contribution is -2.14. The van der Waals surface area contributed by atoms with Gasteiger partial charge >= 0.3 is 0 Å². The Morgan fingerprint density at radius 3 is 2.90 bits per heavy atom. The van der Waals surface area contributed by atoms with Crippen molar-refractivity contribution in [3.8, 4) is 0 Å². The highest BCUT2D eigenvalue weighted by atomic mass is 32.2. The number of thiazole rings is 1. The summed E-state index contributed by atoms with van der Waals surface area (Å²) in [5, 5.41) is 0.450. The van der Waals surface area contributed by atoms with Gasteiger partial charge in [-0.2, -0.15) is 0 Å². The van der Waals surface area contributed by atoms with Crippen LogP contribution < -0.4 is 4.72 Å². The van der Waals surface area contributed by atoms with Gasteiger partial charge in [-0.05, 0) is 5.92 Å². The van der Waals surface area contributed by atoms with E-state index in [-0.39, 0.29) is 10.8 Å². The molecule has 0 bridgehead atoms. The first-order chi connectivity index (χ1) is 9.99. The number of hydrogen-bond donors (Lipinski definition) is 2. The third-order valence-corrected chi connectivity index (χ3v) is 5.47. The molecule has 110 valence electrons. The predicted molar refractivity (Wildman–Crippen MR) is 80.9 cm³/mol. The van der Waals surface area contributed by atoms with E-state index in [9.17, 15) is 8.42 Å². The zero-order valence-corrected chi connectivity index (χ0v) is 13.0. The minimum Gasteiger partial charge on any atom is -0.345 e. The number of aromatic nitrogens is 4. The van der Waals surface area contributed by atoms with E-state index in [4.69, 9.17) is 0 Å². The maximum atomic E-state index is 12.5. The molecule has 3 rings (SSSR count). The summed E-state index contributed by atoms with van der Waals surface area (Å²) < 4.78 is 27.6. The minimum atomic E-state index is -3.74. The summed E-state index contributed by atoms with van der Waals surface area (Å²) in [5.41, 5.74) is 2.11. The van der Waals surface area contributed by atoms with Crippen LogP contribution in [-0.2, 0) is 10.0 Å². The molecule has 0 aromatic carbocycles. The lowest BCUT2D eigenvalue weighted by molar-refractivity contribution is 0.602. The Balaban J connectivity index is 2.03. The molecule has 0 unspecified atom stereocenters. The van der Waals surface area contributed by atoms with Crippen molar-refractivity contribution in [2.24, 2.45) is 0 Å². The van der Waals surface area contributed by atoms with Gasteiger partial charge in [0.25, 0.3) is 10.0 Å². The summed E-state index contributed by atoms with van der Waals surface area (Å²) in [4.78, 5) is 15.8. The van der Waals surface area contributed by atoms with Crippen LogP contribution in [0, 0.1) is 0 Å². The fraction of sp³-hybridized carbons (Fsp3) is 0.250. The fourth-order valence-electron chi connectivity index (χ4n) is 1.98. The second kappa shape index (κ2) is 5.08. The molecule has 0 atom stereocenters. The first-order valence-corrected chi connectivity index (χ1v) is 8.58. The number of sulfonamides is 1. The highest BCUT2D eigenvalue weighted by Crippen LogP contribution is 2.30. The standard InChI is InChI=1S/C12H13N5O2S2/c1-7(2)10-12(16-6-20-10)17-21(18,19)9-4-14-11-8(9)3-13-5-15-11/h3-7,17H,1-2H3,(H,13,14,15). The van der Waals surface area contributed by atoms with E-state index in [2.05, 4.69) is 24.7 Å². The van der Waals surface area contributed by atoms with Crippen molar-refractivity contribution in [3.63, 3.8) is 0 Å². The van der Waals surface area contributed by atoms with Crippen molar-refractivity contribution in [1.82, 2.24) is 19.9 Å². The summed E-state index contributed by atoms with van der Waals surface area (Å²) in [5.74, 6) is 0.572. The molecule has 0 aliphatic carbocycles. The molecule has 0 amide bonds. The van der Waals surface area contributed by atoms with Crippen LogP contribution in [0.2, 0.25) is 0 Å². The second-order valence-corrected chi connectivity index (χ2v) is 7.30. The summed E-state index contributed by atoms with van der Waals surface area (Å²) in [6.45, 7) is 3.98. The van der Waals surface area contributed by atoms with Gasteiger partial charge in [-0.15, -0.1) is 11.3 Å². The molecule has 9 heteroatoms. The monoisotopic (exact) mass is 323 g/mol. The number of H-pyrrole nitrogens is 1. The molecule has 3 aromatic rings. The summed E-state index contributed by atoms with van der Waals surface area (Å²) in [6.07, 6.45) is 4.24. The summed E-state index contributed by atoms with van der Waals surface area (Å²) in [6, 6.07) is 0. The maximum absolute atomic E-state index is 12.5. The molecule has 7 nitrogen and oxygen atoms in total. The first-order valence-electron chi connectivity index (χ1n) is 6.22. The molecule has 2 N–H and O–H groups in total. The molecule has 0 aliphatic rings. The van der Waals surface area contributed by atoms with Crippen LogP contribution in [-0.4, -0.2) is 28.4 Å². The third kappa shape index (κ3) is 2.49. The Labute approximate surface area is 125 Å². The lowest BCUT2D eigenvalue weighted by atomic mass is 10.2. The smallest absolute Gasteiger partial charge is 0.265 e. The van der Waals surface area contributed by atoms with Crippen LogP contribution in [0.3, 0.4) is 0 Å². The minimum absolute atomic E-state index is 0.112. The number of rotatable bonds is 4. The summed E-state index contributed by atoms with van der Waals surface area (Å²) in [7, 11) is -3.74. The van der Waals surface area contributed by atoms with Gasteiger partial charge in [0.1, 0.15) is 16.9 Å². The molecule has 0 radical (unpaired) electrons. The average Bonchev–Trinajstić information content (AvgIpc) is 3.04. The topological polar surface area (TPSA) is 101 Å². The zero-order chi connectivity index (χ0) is 15.0. The molecular formula is C12H13N5O2S2. The van der Waals surface area contributed by atoms with E-state index in [1.165, 1.54) is 30.1 Å². The highest BCUT2D eigenvalue weighted by Gasteiger charge is 2.22. The fourth-order valence-corrected chi connectivity index (χ4v) is 3.99. The van der Waals surface area contributed by atoms with Crippen molar-refractivity contribution in [1.29, 1.82) is 0 Å². The quantitative estimate of drug-likeness (QED) is 0.767. The van der Waals surface area contributed by atoms with E-state index in [0.717, 1.165) is 4.88 Å². The van der Waals surface area contributed by atoms with E-state index >= 15 is 0 Å². The van der Waals surface area contributed by atoms with Crippen LogP contribution in [0.15, 0.2) is 29.1 Å². The van der Waals surface area contributed by atoms with E-state index in [1.807, 2.05) is 13.8 Å². The van der Waals surface area contributed by atoms with Crippen molar-refractivity contribution >= 4 is 38.2 Å². The average molecular weight is 323 g/mol. The Morgan fingerprint density at radius 2 is 2.14 bits per heavy atom. The first kappa shape index (κ1) is 14.0. The van der Waals surface area contributed by atoms with Gasteiger partial charge in [0.2, 0.25) is 0 Å².